The zero-order valence-electron chi connectivity index (χ0n) is 20.5. The molecule has 8 rings (SSSR count). The molecule has 38 heavy (non-hydrogen) atoms. The highest BCUT2D eigenvalue weighted by atomic mass is 15.3. The quantitative estimate of drug-likeness (QED) is 0.260. The Balaban J connectivity index is 1.37. The molecule has 0 bridgehead atoms. The van der Waals surface area contributed by atoms with Gasteiger partial charge < -0.3 is 14.5 Å². The molecule has 180 valence electrons. The lowest BCUT2D eigenvalue weighted by Crippen LogP contribution is -2.12. The van der Waals surface area contributed by atoms with Crippen molar-refractivity contribution in [1.82, 2.24) is 19.5 Å². The lowest BCUT2D eigenvalue weighted by Gasteiger charge is -2.21. The average Bonchev–Trinajstić information content (AvgIpc) is 3.67. The van der Waals surface area contributed by atoms with Crippen molar-refractivity contribution in [2.24, 2.45) is 0 Å². The van der Waals surface area contributed by atoms with E-state index in [1.807, 2.05) is 18.2 Å². The minimum Gasteiger partial charge on any atom is -0.341 e. The minimum atomic E-state index is 0.761. The van der Waals surface area contributed by atoms with Crippen molar-refractivity contribution in [2.45, 2.75) is 0 Å². The van der Waals surface area contributed by atoms with E-state index in [-0.39, 0.29) is 0 Å². The molecule has 0 spiro atoms. The smallest absolute Gasteiger partial charge is 0.214 e. The molecule has 5 aromatic carbocycles. The molecule has 5 nitrogen and oxygen atoms in total. The summed E-state index contributed by atoms with van der Waals surface area (Å²) in [6.45, 7) is 0. The van der Waals surface area contributed by atoms with Gasteiger partial charge in [0, 0.05) is 27.4 Å². The summed E-state index contributed by atoms with van der Waals surface area (Å²) in [6.07, 6.45) is 0. The Morgan fingerprint density at radius 3 is 2.03 bits per heavy atom. The molecule has 3 heterocycles. The molecule has 5 heteroatoms. The zero-order valence-corrected chi connectivity index (χ0v) is 20.5. The molecular weight excluding hydrogens is 466 g/mol. The molecule has 0 atom stereocenters. The molecule has 0 radical (unpaired) electrons. The van der Waals surface area contributed by atoms with Gasteiger partial charge in [-0.05, 0) is 54.6 Å². The van der Waals surface area contributed by atoms with Crippen LogP contribution in [0.3, 0.4) is 0 Å². The number of imidazole rings is 1. The first-order valence-electron chi connectivity index (χ1n) is 12.7. The predicted molar refractivity (Wildman–Crippen MR) is 157 cm³/mol. The summed E-state index contributed by atoms with van der Waals surface area (Å²) in [5, 5.41) is 3.65. The molecule has 0 saturated heterocycles. The van der Waals surface area contributed by atoms with Crippen LogP contribution in [0.1, 0.15) is 0 Å². The van der Waals surface area contributed by atoms with Gasteiger partial charge in [0.05, 0.1) is 27.8 Å². The SMILES string of the molecule is c1cc(N(c2cc3ccccc3[nH]2)c2nc3ccccc3[nH]2)cc(-n2c3ccccc3c3ccccc32)c1. The second kappa shape index (κ2) is 8.11. The maximum Gasteiger partial charge on any atom is 0.214 e. The Kier molecular flexibility index (Phi) is 4.45. The van der Waals surface area contributed by atoms with Crippen LogP contribution in [-0.2, 0) is 0 Å². The number of benzene rings is 5. The number of nitrogens with zero attached hydrogens (tertiary/aromatic N) is 3. The van der Waals surface area contributed by atoms with Crippen molar-refractivity contribution < 1.29 is 0 Å². The zero-order chi connectivity index (χ0) is 25.1. The summed E-state index contributed by atoms with van der Waals surface area (Å²) in [7, 11) is 0. The molecule has 0 unspecified atom stereocenters. The fourth-order valence-corrected chi connectivity index (χ4v) is 5.57. The van der Waals surface area contributed by atoms with Crippen LogP contribution in [0.5, 0.6) is 0 Å². The maximum atomic E-state index is 4.97. The first-order chi connectivity index (χ1) is 18.8. The molecule has 3 aromatic heterocycles. The van der Waals surface area contributed by atoms with E-state index in [4.69, 9.17) is 4.98 Å². The molecule has 8 aromatic rings. The van der Waals surface area contributed by atoms with E-state index in [0.29, 0.717) is 0 Å². The van der Waals surface area contributed by atoms with Crippen LogP contribution in [0.4, 0.5) is 17.5 Å². The van der Waals surface area contributed by atoms with Crippen molar-refractivity contribution in [1.29, 1.82) is 0 Å². The van der Waals surface area contributed by atoms with Crippen molar-refractivity contribution in [3.05, 3.63) is 127 Å². The monoisotopic (exact) mass is 489 g/mol. The molecule has 2 N–H and O–H groups in total. The first-order valence-corrected chi connectivity index (χ1v) is 12.7. The third-order valence-corrected chi connectivity index (χ3v) is 7.27. The number of aromatic nitrogens is 4. The van der Waals surface area contributed by atoms with Crippen molar-refractivity contribution >= 4 is 61.2 Å². The van der Waals surface area contributed by atoms with Gasteiger partial charge in [-0.2, -0.15) is 0 Å². The Bertz CT molecular complexity index is 1920. The van der Waals surface area contributed by atoms with Gasteiger partial charge in [-0.25, -0.2) is 4.98 Å². The summed E-state index contributed by atoms with van der Waals surface area (Å²) in [4.78, 5) is 14.3. The van der Waals surface area contributed by atoms with E-state index in [1.165, 1.54) is 21.8 Å². The third kappa shape index (κ3) is 3.15. The molecule has 0 fully saturated rings. The van der Waals surface area contributed by atoms with Crippen LogP contribution in [0.15, 0.2) is 127 Å². The number of para-hydroxylation sites is 5. The van der Waals surface area contributed by atoms with E-state index < -0.39 is 0 Å². The van der Waals surface area contributed by atoms with Gasteiger partial charge in [0.25, 0.3) is 0 Å². The van der Waals surface area contributed by atoms with Gasteiger partial charge in [-0.1, -0.05) is 72.8 Å². The lowest BCUT2D eigenvalue weighted by molar-refractivity contribution is 1.12. The molecule has 0 aliphatic carbocycles. The number of anilines is 3. The van der Waals surface area contributed by atoms with Crippen LogP contribution < -0.4 is 4.90 Å². The summed E-state index contributed by atoms with van der Waals surface area (Å²) >= 11 is 0. The molecule has 0 aliphatic heterocycles. The number of hydrogen-bond acceptors (Lipinski definition) is 2. The van der Waals surface area contributed by atoms with Gasteiger partial charge >= 0.3 is 0 Å². The van der Waals surface area contributed by atoms with Crippen LogP contribution in [-0.4, -0.2) is 19.5 Å². The predicted octanol–water partition coefficient (Wildman–Crippen LogP) is 8.61. The summed E-state index contributed by atoms with van der Waals surface area (Å²) < 4.78 is 2.34. The van der Waals surface area contributed by atoms with E-state index in [1.54, 1.807) is 0 Å². The van der Waals surface area contributed by atoms with E-state index in [2.05, 4.69) is 129 Å². The maximum absolute atomic E-state index is 4.97. The summed E-state index contributed by atoms with van der Waals surface area (Å²) in [5.41, 5.74) is 7.50. The molecule has 0 amide bonds. The number of aromatic amines is 2. The van der Waals surface area contributed by atoms with Gasteiger partial charge in [0.2, 0.25) is 5.95 Å². The number of hydrogen-bond donors (Lipinski definition) is 2. The Morgan fingerprint density at radius 2 is 1.26 bits per heavy atom. The molecular formula is C33H23N5. The highest BCUT2D eigenvalue weighted by Crippen LogP contribution is 2.38. The lowest BCUT2D eigenvalue weighted by atomic mass is 10.2. The first kappa shape index (κ1) is 20.9. The van der Waals surface area contributed by atoms with E-state index in [0.717, 1.165) is 45.1 Å². The van der Waals surface area contributed by atoms with Crippen LogP contribution in [0, 0.1) is 0 Å². The second-order valence-corrected chi connectivity index (χ2v) is 9.54. The van der Waals surface area contributed by atoms with Crippen LogP contribution >= 0.6 is 0 Å². The number of nitrogens with one attached hydrogen (secondary N) is 2. The molecule has 0 aliphatic rings. The largest absolute Gasteiger partial charge is 0.341 e. The second-order valence-electron chi connectivity index (χ2n) is 9.54. The van der Waals surface area contributed by atoms with E-state index in [9.17, 15) is 0 Å². The highest BCUT2D eigenvalue weighted by molar-refractivity contribution is 6.09. The van der Waals surface area contributed by atoms with Gasteiger partial charge in [-0.3, -0.25) is 4.90 Å². The number of rotatable bonds is 4. The van der Waals surface area contributed by atoms with Gasteiger partial charge in [0.1, 0.15) is 5.82 Å². The average molecular weight is 490 g/mol. The van der Waals surface area contributed by atoms with Crippen molar-refractivity contribution in [2.75, 3.05) is 4.90 Å². The van der Waals surface area contributed by atoms with E-state index >= 15 is 0 Å². The Morgan fingerprint density at radius 1 is 0.579 bits per heavy atom. The highest BCUT2D eigenvalue weighted by Gasteiger charge is 2.20. The van der Waals surface area contributed by atoms with Gasteiger partial charge in [0.15, 0.2) is 0 Å². The Labute approximate surface area is 218 Å². The number of H-pyrrole nitrogens is 2. The summed E-state index contributed by atoms with van der Waals surface area (Å²) in [6, 6.07) is 44.5. The fraction of sp³-hybridized carbons (Fsp3) is 0. The third-order valence-electron chi connectivity index (χ3n) is 7.27. The molecule has 0 saturated carbocycles. The number of fused-ring (bicyclic) bond motifs is 5. The van der Waals surface area contributed by atoms with Gasteiger partial charge in [-0.15, -0.1) is 0 Å². The minimum absolute atomic E-state index is 0.761. The van der Waals surface area contributed by atoms with Crippen LogP contribution in [0.25, 0.3) is 49.4 Å². The Hall–Kier alpha value is -5.29. The standard InChI is InChI=1S/C33H23N5/c1-4-15-27-22(10-1)20-32(34-27)38(33-35-28-16-5-6-17-29(28)36-33)24-12-9-11-23(21-24)37-30-18-7-2-13-25(30)26-14-3-8-19-31(26)37/h1-21,34H,(H,35,36). The normalized spacial score (nSPS) is 11.7. The van der Waals surface area contributed by atoms with Crippen molar-refractivity contribution in [3.63, 3.8) is 0 Å². The summed E-state index contributed by atoms with van der Waals surface area (Å²) in [5.74, 6) is 1.71. The van der Waals surface area contributed by atoms with Crippen molar-refractivity contribution in [3.8, 4) is 5.69 Å². The topological polar surface area (TPSA) is 52.6 Å². The fourth-order valence-electron chi connectivity index (χ4n) is 5.57. The van der Waals surface area contributed by atoms with Crippen LogP contribution in [0.2, 0.25) is 0 Å².